The molecule has 112 valence electrons. The van der Waals surface area contributed by atoms with Gasteiger partial charge in [-0.15, -0.1) is 10.2 Å². The molecule has 3 N–H and O–H groups in total. The number of oxime groups is 1. The second kappa shape index (κ2) is 5.56. The maximum absolute atomic E-state index is 12.5. The van der Waals surface area contributed by atoms with Crippen molar-refractivity contribution in [2.24, 2.45) is 10.9 Å². The summed E-state index contributed by atoms with van der Waals surface area (Å²) in [6.07, 6.45) is -4.51. The second-order valence-corrected chi connectivity index (χ2v) is 4.93. The highest BCUT2D eigenvalue weighted by Crippen LogP contribution is 2.35. The van der Waals surface area contributed by atoms with Crippen LogP contribution in [-0.2, 0) is 6.18 Å². The number of nitrogens with two attached hydrogens (primary N) is 1. The normalized spacial score (nSPS) is 12.5. The molecule has 0 atom stereocenters. The van der Waals surface area contributed by atoms with Crippen LogP contribution in [0.15, 0.2) is 29.4 Å². The van der Waals surface area contributed by atoms with Crippen LogP contribution in [-0.4, -0.2) is 28.3 Å². The number of aromatic nitrogens is 2. The van der Waals surface area contributed by atoms with E-state index in [0.29, 0.717) is 22.6 Å². The van der Waals surface area contributed by atoms with E-state index in [-0.39, 0.29) is 11.0 Å². The zero-order valence-electron chi connectivity index (χ0n) is 10.7. The van der Waals surface area contributed by atoms with Crippen molar-refractivity contribution in [2.75, 3.05) is 11.9 Å². The van der Waals surface area contributed by atoms with Gasteiger partial charge in [-0.2, -0.15) is 13.2 Å². The topological polar surface area (TPSA) is 87.6 Å². The minimum absolute atomic E-state index is 0.0560. The van der Waals surface area contributed by atoms with Crippen molar-refractivity contribution >= 4 is 28.0 Å². The highest BCUT2D eigenvalue weighted by Gasteiger charge is 2.36. The number of nitrogens with zero attached hydrogens (tertiary/aromatic N) is 4. The third kappa shape index (κ3) is 3.21. The molecule has 0 aliphatic rings. The number of benzene rings is 1. The Balaban J connectivity index is 2.24. The van der Waals surface area contributed by atoms with Gasteiger partial charge in [-0.1, -0.05) is 16.5 Å². The van der Waals surface area contributed by atoms with Gasteiger partial charge in [0.25, 0.3) is 0 Å². The lowest BCUT2D eigenvalue weighted by molar-refractivity contribution is -0.138. The van der Waals surface area contributed by atoms with E-state index in [1.54, 1.807) is 31.3 Å². The zero-order chi connectivity index (χ0) is 15.6. The van der Waals surface area contributed by atoms with E-state index in [0.717, 1.165) is 0 Å². The first-order valence-electron chi connectivity index (χ1n) is 5.55. The molecule has 0 aliphatic carbocycles. The molecule has 1 heterocycles. The van der Waals surface area contributed by atoms with Gasteiger partial charge in [0.05, 0.1) is 0 Å². The fraction of sp³-hybridized carbons (Fsp3) is 0.182. The van der Waals surface area contributed by atoms with Gasteiger partial charge in [0, 0.05) is 18.3 Å². The van der Waals surface area contributed by atoms with E-state index in [4.69, 9.17) is 10.9 Å². The molecule has 10 heteroatoms. The Labute approximate surface area is 121 Å². The Morgan fingerprint density at radius 3 is 2.38 bits per heavy atom. The Bertz CT molecular complexity index is 653. The summed E-state index contributed by atoms with van der Waals surface area (Å²) < 4.78 is 37.5. The molecule has 0 bridgehead atoms. The summed E-state index contributed by atoms with van der Waals surface area (Å²) in [4.78, 5) is 1.46. The van der Waals surface area contributed by atoms with E-state index in [9.17, 15) is 13.2 Å². The van der Waals surface area contributed by atoms with Crippen LogP contribution < -0.4 is 10.6 Å². The minimum Gasteiger partial charge on any atom is -0.409 e. The van der Waals surface area contributed by atoms with Gasteiger partial charge in [0.15, 0.2) is 5.84 Å². The molecule has 2 rings (SSSR count). The first-order chi connectivity index (χ1) is 9.82. The highest BCUT2D eigenvalue weighted by atomic mass is 32.1. The maximum atomic E-state index is 12.5. The largest absolute Gasteiger partial charge is 0.445 e. The van der Waals surface area contributed by atoms with E-state index >= 15 is 0 Å². The lowest BCUT2D eigenvalue weighted by Gasteiger charge is -2.15. The smallest absolute Gasteiger partial charge is 0.409 e. The number of hydrogen-bond donors (Lipinski definition) is 2. The van der Waals surface area contributed by atoms with Gasteiger partial charge in [0.1, 0.15) is 0 Å². The van der Waals surface area contributed by atoms with Crippen molar-refractivity contribution in [3.05, 3.63) is 34.8 Å². The van der Waals surface area contributed by atoms with E-state index < -0.39 is 11.2 Å². The van der Waals surface area contributed by atoms with Crippen LogP contribution in [0, 0.1) is 0 Å². The molecule has 0 fully saturated rings. The summed E-state index contributed by atoms with van der Waals surface area (Å²) in [5, 5.41) is 17.2. The molecule has 21 heavy (non-hydrogen) atoms. The number of rotatable bonds is 3. The summed E-state index contributed by atoms with van der Waals surface area (Å²) in [5.74, 6) is -0.0560. The van der Waals surface area contributed by atoms with Crippen molar-refractivity contribution < 1.29 is 18.4 Å². The average molecular weight is 317 g/mol. The summed E-state index contributed by atoms with van der Waals surface area (Å²) in [6.45, 7) is 0. The zero-order valence-corrected chi connectivity index (χ0v) is 11.5. The van der Waals surface area contributed by atoms with E-state index in [1.807, 2.05) is 0 Å². The first-order valence-corrected chi connectivity index (χ1v) is 6.37. The van der Waals surface area contributed by atoms with Gasteiger partial charge in [-0.05, 0) is 24.3 Å². The summed E-state index contributed by atoms with van der Waals surface area (Å²) in [7, 11) is 1.57. The Morgan fingerprint density at radius 2 is 1.90 bits per heavy atom. The number of halogens is 3. The molecular formula is C11H10F3N5OS. The van der Waals surface area contributed by atoms with Crippen LogP contribution in [0.5, 0.6) is 0 Å². The fourth-order valence-corrected chi connectivity index (χ4v) is 2.18. The van der Waals surface area contributed by atoms with Gasteiger partial charge >= 0.3 is 6.18 Å². The maximum Gasteiger partial charge on any atom is 0.445 e. The molecule has 0 saturated heterocycles. The minimum atomic E-state index is -4.51. The number of hydrogen-bond acceptors (Lipinski definition) is 6. The average Bonchev–Trinajstić information content (AvgIpc) is 2.95. The second-order valence-electron chi connectivity index (χ2n) is 3.98. The summed E-state index contributed by atoms with van der Waals surface area (Å²) >= 11 is 0.448. The Kier molecular flexibility index (Phi) is 3.98. The number of anilines is 2. The van der Waals surface area contributed by atoms with Crippen LogP contribution >= 0.6 is 11.3 Å². The van der Waals surface area contributed by atoms with Crippen molar-refractivity contribution in [1.29, 1.82) is 0 Å². The molecule has 1 aromatic carbocycles. The third-order valence-electron chi connectivity index (χ3n) is 2.60. The van der Waals surface area contributed by atoms with Crippen LogP contribution in [0.3, 0.4) is 0 Å². The number of amidine groups is 1. The van der Waals surface area contributed by atoms with Gasteiger partial charge in [-0.3, -0.25) is 0 Å². The molecule has 2 aromatic rings. The van der Waals surface area contributed by atoms with Crippen molar-refractivity contribution in [1.82, 2.24) is 10.2 Å². The van der Waals surface area contributed by atoms with Crippen molar-refractivity contribution in [2.45, 2.75) is 6.18 Å². The molecule has 0 aliphatic heterocycles. The predicted molar refractivity (Wildman–Crippen MR) is 71.9 cm³/mol. The Hall–Kier alpha value is -2.36. The van der Waals surface area contributed by atoms with E-state index in [1.165, 1.54) is 4.90 Å². The quantitative estimate of drug-likeness (QED) is 0.393. The first kappa shape index (κ1) is 15.0. The lowest BCUT2D eigenvalue weighted by Crippen LogP contribution is -2.14. The Morgan fingerprint density at radius 1 is 1.29 bits per heavy atom. The monoisotopic (exact) mass is 317 g/mol. The van der Waals surface area contributed by atoms with Gasteiger partial charge in [0.2, 0.25) is 10.1 Å². The molecule has 0 spiro atoms. The molecular weight excluding hydrogens is 307 g/mol. The summed E-state index contributed by atoms with van der Waals surface area (Å²) in [5.41, 5.74) is 6.50. The highest BCUT2D eigenvalue weighted by molar-refractivity contribution is 7.15. The molecule has 1 aromatic heterocycles. The lowest BCUT2D eigenvalue weighted by atomic mass is 10.2. The summed E-state index contributed by atoms with van der Waals surface area (Å²) in [6, 6.07) is 6.38. The van der Waals surface area contributed by atoms with Crippen LogP contribution in [0.25, 0.3) is 0 Å². The fourth-order valence-electron chi connectivity index (χ4n) is 1.49. The van der Waals surface area contributed by atoms with Crippen LogP contribution in [0.1, 0.15) is 10.6 Å². The van der Waals surface area contributed by atoms with Gasteiger partial charge in [-0.25, -0.2) is 0 Å². The van der Waals surface area contributed by atoms with Gasteiger partial charge < -0.3 is 15.8 Å². The molecule has 0 radical (unpaired) electrons. The molecule has 0 unspecified atom stereocenters. The number of alkyl halides is 3. The predicted octanol–water partition coefficient (Wildman–Crippen LogP) is 2.42. The van der Waals surface area contributed by atoms with Crippen LogP contribution in [0.4, 0.5) is 24.0 Å². The SMILES string of the molecule is CN(c1ccc(/C(N)=N/O)cc1)c1nnc(C(F)(F)F)s1. The molecule has 0 saturated carbocycles. The van der Waals surface area contributed by atoms with E-state index in [2.05, 4.69) is 15.4 Å². The van der Waals surface area contributed by atoms with Crippen LogP contribution in [0.2, 0.25) is 0 Å². The standard InChI is InChI=1S/C11H10F3N5OS/c1-19(10-17-16-9(21-10)11(12,13)14)7-4-2-6(3-5-7)8(15)18-20/h2-5,20H,1H3,(H2,15,18). The molecule has 6 nitrogen and oxygen atoms in total. The van der Waals surface area contributed by atoms with Crippen molar-refractivity contribution in [3.63, 3.8) is 0 Å². The molecule has 0 amide bonds. The van der Waals surface area contributed by atoms with Crippen molar-refractivity contribution in [3.8, 4) is 0 Å². The third-order valence-corrected chi connectivity index (χ3v) is 3.65.